The van der Waals surface area contributed by atoms with Gasteiger partial charge in [0.15, 0.2) is 0 Å². The molecule has 0 saturated heterocycles. The maximum atomic E-state index is 12.3. The first-order valence-electron chi connectivity index (χ1n) is 6.06. The molecule has 0 aliphatic heterocycles. The number of aromatic nitrogens is 1. The van der Waals surface area contributed by atoms with E-state index in [1.54, 1.807) is 49.6 Å². The molecule has 1 heterocycles. The quantitative estimate of drug-likeness (QED) is 0.853. The van der Waals surface area contributed by atoms with Gasteiger partial charge in [0.25, 0.3) is 0 Å². The SMILES string of the molecule is CN(Cc1ccccn1)S(=O)(=O)Cc1ccccc1Cl. The highest BCUT2D eigenvalue weighted by Gasteiger charge is 2.20. The van der Waals surface area contributed by atoms with Gasteiger partial charge in [0.05, 0.1) is 18.0 Å². The third-order valence-electron chi connectivity index (χ3n) is 2.88. The highest BCUT2D eigenvalue weighted by atomic mass is 35.5. The Bertz CT molecular complexity index is 675. The number of sulfonamides is 1. The molecule has 1 aromatic heterocycles. The van der Waals surface area contributed by atoms with Crippen molar-refractivity contribution >= 4 is 21.6 Å². The average molecular weight is 311 g/mol. The van der Waals surface area contributed by atoms with E-state index in [0.29, 0.717) is 16.3 Å². The minimum Gasteiger partial charge on any atom is -0.260 e. The Morgan fingerprint density at radius 3 is 2.50 bits per heavy atom. The molecule has 0 spiro atoms. The van der Waals surface area contributed by atoms with Crippen molar-refractivity contribution in [2.24, 2.45) is 0 Å². The van der Waals surface area contributed by atoms with Crippen LogP contribution in [0.2, 0.25) is 5.02 Å². The second-order valence-corrected chi connectivity index (χ2v) is 6.91. The highest BCUT2D eigenvalue weighted by molar-refractivity contribution is 7.88. The van der Waals surface area contributed by atoms with Crippen molar-refractivity contribution in [3.05, 3.63) is 64.9 Å². The normalized spacial score (nSPS) is 11.8. The number of rotatable bonds is 5. The molecule has 0 fully saturated rings. The fourth-order valence-electron chi connectivity index (χ4n) is 1.74. The van der Waals surface area contributed by atoms with Crippen LogP contribution in [0.4, 0.5) is 0 Å². The molecule has 0 aliphatic rings. The summed E-state index contributed by atoms with van der Waals surface area (Å²) in [5.41, 5.74) is 1.31. The van der Waals surface area contributed by atoms with Crippen molar-refractivity contribution in [1.82, 2.24) is 9.29 Å². The zero-order chi connectivity index (χ0) is 14.6. The molecule has 0 amide bonds. The molecular formula is C14H15ClN2O2S. The van der Waals surface area contributed by atoms with E-state index in [9.17, 15) is 8.42 Å². The average Bonchev–Trinajstić information content (AvgIpc) is 2.42. The molecule has 2 aromatic rings. The van der Waals surface area contributed by atoms with E-state index in [2.05, 4.69) is 4.98 Å². The van der Waals surface area contributed by atoms with Crippen LogP contribution in [0.15, 0.2) is 48.7 Å². The molecule has 106 valence electrons. The lowest BCUT2D eigenvalue weighted by atomic mass is 10.2. The molecular weight excluding hydrogens is 296 g/mol. The van der Waals surface area contributed by atoms with Crippen LogP contribution < -0.4 is 0 Å². The van der Waals surface area contributed by atoms with E-state index in [1.807, 2.05) is 6.07 Å². The number of nitrogens with zero attached hydrogens (tertiary/aromatic N) is 2. The van der Waals surface area contributed by atoms with Crippen LogP contribution in [0.3, 0.4) is 0 Å². The van der Waals surface area contributed by atoms with Gasteiger partial charge in [-0.05, 0) is 23.8 Å². The summed E-state index contributed by atoms with van der Waals surface area (Å²) in [6.45, 7) is 0.244. The van der Waals surface area contributed by atoms with Gasteiger partial charge in [-0.25, -0.2) is 8.42 Å². The summed E-state index contributed by atoms with van der Waals surface area (Å²) in [5.74, 6) is -0.115. The summed E-state index contributed by atoms with van der Waals surface area (Å²) >= 11 is 6.00. The molecule has 1 aromatic carbocycles. The van der Waals surface area contributed by atoms with Crippen molar-refractivity contribution in [3.63, 3.8) is 0 Å². The molecule has 0 atom stereocenters. The van der Waals surface area contributed by atoms with Gasteiger partial charge in [-0.3, -0.25) is 4.98 Å². The van der Waals surface area contributed by atoms with E-state index in [1.165, 1.54) is 4.31 Å². The second-order valence-electron chi connectivity index (χ2n) is 4.42. The Morgan fingerprint density at radius 2 is 1.85 bits per heavy atom. The molecule has 0 N–H and O–H groups in total. The lowest BCUT2D eigenvalue weighted by Gasteiger charge is -2.17. The minimum atomic E-state index is -3.43. The summed E-state index contributed by atoms with van der Waals surface area (Å²) in [4.78, 5) is 4.12. The predicted molar refractivity (Wildman–Crippen MR) is 79.8 cm³/mol. The van der Waals surface area contributed by atoms with E-state index in [4.69, 9.17) is 11.6 Å². The standard InChI is InChI=1S/C14H15ClN2O2S/c1-17(10-13-7-4-5-9-16-13)20(18,19)11-12-6-2-3-8-14(12)15/h2-9H,10-11H2,1H3. The Morgan fingerprint density at radius 1 is 1.15 bits per heavy atom. The fraction of sp³-hybridized carbons (Fsp3) is 0.214. The number of hydrogen-bond donors (Lipinski definition) is 0. The van der Waals surface area contributed by atoms with E-state index in [-0.39, 0.29) is 12.3 Å². The maximum Gasteiger partial charge on any atom is 0.218 e. The Balaban J connectivity index is 2.12. The molecule has 0 bridgehead atoms. The van der Waals surface area contributed by atoms with Crippen LogP contribution >= 0.6 is 11.6 Å². The molecule has 6 heteroatoms. The summed E-state index contributed by atoms with van der Waals surface area (Å²) in [5, 5.41) is 0.460. The lowest BCUT2D eigenvalue weighted by Crippen LogP contribution is -2.28. The van der Waals surface area contributed by atoms with Crippen molar-refractivity contribution in [2.75, 3.05) is 7.05 Å². The van der Waals surface area contributed by atoms with Crippen molar-refractivity contribution in [2.45, 2.75) is 12.3 Å². The van der Waals surface area contributed by atoms with Gasteiger partial charge in [0.2, 0.25) is 10.0 Å². The topological polar surface area (TPSA) is 50.3 Å². The first-order valence-corrected chi connectivity index (χ1v) is 8.05. The smallest absolute Gasteiger partial charge is 0.218 e. The number of pyridine rings is 1. The third kappa shape index (κ3) is 3.79. The van der Waals surface area contributed by atoms with Gasteiger partial charge in [-0.2, -0.15) is 4.31 Å². The van der Waals surface area contributed by atoms with E-state index < -0.39 is 10.0 Å². The Labute approximate surface area is 124 Å². The highest BCUT2D eigenvalue weighted by Crippen LogP contribution is 2.19. The Kier molecular flexibility index (Phi) is 4.75. The summed E-state index contributed by atoms with van der Waals surface area (Å²) in [7, 11) is -1.88. The third-order valence-corrected chi connectivity index (χ3v) is 5.00. The number of halogens is 1. The van der Waals surface area contributed by atoms with Crippen molar-refractivity contribution in [3.8, 4) is 0 Å². The summed E-state index contributed by atoms with van der Waals surface area (Å²) < 4.78 is 25.9. The number of hydrogen-bond acceptors (Lipinski definition) is 3. The second kappa shape index (κ2) is 6.35. The van der Waals surface area contributed by atoms with Gasteiger partial charge >= 0.3 is 0 Å². The zero-order valence-corrected chi connectivity index (χ0v) is 12.6. The van der Waals surface area contributed by atoms with Crippen LogP contribution in [0.25, 0.3) is 0 Å². The van der Waals surface area contributed by atoms with Crippen LogP contribution in [0, 0.1) is 0 Å². The fourth-order valence-corrected chi connectivity index (χ4v) is 3.22. The molecule has 0 unspecified atom stereocenters. The van der Waals surface area contributed by atoms with Gasteiger partial charge in [0.1, 0.15) is 0 Å². The molecule has 4 nitrogen and oxygen atoms in total. The molecule has 0 aliphatic carbocycles. The largest absolute Gasteiger partial charge is 0.260 e. The van der Waals surface area contributed by atoms with Crippen LogP contribution in [-0.2, 0) is 22.3 Å². The lowest BCUT2D eigenvalue weighted by molar-refractivity contribution is 0.461. The molecule has 20 heavy (non-hydrogen) atoms. The van der Waals surface area contributed by atoms with Crippen LogP contribution in [0.5, 0.6) is 0 Å². The van der Waals surface area contributed by atoms with Gasteiger partial charge in [-0.15, -0.1) is 0 Å². The maximum absolute atomic E-state index is 12.3. The number of benzene rings is 1. The summed E-state index contributed by atoms with van der Waals surface area (Å²) in [6.07, 6.45) is 1.64. The minimum absolute atomic E-state index is 0.115. The Hall–Kier alpha value is -1.43. The van der Waals surface area contributed by atoms with Crippen molar-refractivity contribution in [1.29, 1.82) is 0 Å². The predicted octanol–water partition coefficient (Wildman–Crippen LogP) is 2.70. The zero-order valence-electron chi connectivity index (χ0n) is 11.0. The monoisotopic (exact) mass is 310 g/mol. The van der Waals surface area contributed by atoms with Gasteiger partial charge in [-0.1, -0.05) is 35.9 Å². The first kappa shape index (κ1) is 15.0. The van der Waals surface area contributed by atoms with Gasteiger partial charge in [0, 0.05) is 18.3 Å². The van der Waals surface area contributed by atoms with Crippen molar-refractivity contribution < 1.29 is 8.42 Å². The summed E-state index contributed by atoms with van der Waals surface area (Å²) in [6, 6.07) is 12.4. The van der Waals surface area contributed by atoms with E-state index >= 15 is 0 Å². The van der Waals surface area contributed by atoms with Crippen LogP contribution in [-0.4, -0.2) is 24.8 Å². The van der Waals surface area contributed by atoms with Crippen LogP contribution in [0.1, 0.15) is 11.3 Å². The first-order chi connectivity index (χ1) is 9.49. The molecule has 0 saturated carbocycles. The molecule has 0 radical (unpaired) electrons. The van der Waals surface area contributed by atoms with Gasteiger partial charge < -0.3 is 0 Å². The molecule has 2 rings (SSSR count). The van der Waals surface area contributed by atoms with E-state index in [0.717, 1.165) is 0 Å².